The molecule has 0 aliphatic carbocycles. The van der Waals surface area contributed by atoms with E-state index in [1.54, 1.807) is 12.1 Å². The van der Waals surface area contributed by atoms with Crippen molar-refractivity contribution in [3.63, 3.8) is 0 Å². The molecule has 0 atom stereocenters. The SMILES string of the molecule is CC(C)C[Si](O)(O)c1ccccc1. The number of hydrogen-bond acceptors (Lipinski definition) is 2. The van der Waals surface area contributed by atoms with E-state index in [4.69, 9.17) is 0 Å². The second kappa shape index (κ2) is 4.04. The van der Waals surface area contributed by atoms with E-state index in [9.17, 15) is 9.59 Å². The Morgan fingerprint density at radius 1 is 1.15 bits per heavy atom. The van der Waals surface area contributed by atoms with Gasteiger partial charge < -0.3 is 9.59 Å². The van der Waals surface area contributed by atoms with Crippen molar-refractivity contribution >= 4 is 13.7 Å². The van der Waals surface area contributed by atoms with E-state index in [-0.39, 0.29) is 0 Å². The smallest absolute Gasteiger partial charge is 0.367 e. The van der Waals surface area contributed by atoms with Crippen molar-refractivity contribution in [3.05, 3.63) is 30.3 Å². The first kappa shape index (κ1) is 10.4. The van der Waals surface area contributed by atoms with E-state index in [2.05, 4.69) is 0 Å². The van der Waals surface area contributed by atoms with Gasteiger partial charge in [-0.3, -0.25) is 0 Å². The van der Waals surface area contributed by atoms with Gasteiger partial charge in [0.25, 0.3) is 0 Å². The lowest BCUT2D eigenvalue weighted by atomic mass is 10.3. The molecular formula is C10H16O2Si. The van der Waals surface area contributed by atoms with Gasteiger partial charge in [0, 0.05) is 0 Å². The Hall–Kier alpha value is -0.643. The Labute approximate surface area is 80.1 Å². The molecule has 2 N–H and O–H groups in total. The largest absolute Gasteiger partial charge is 0.407 e. The van der Waals surface area contributed by atoms with Gasteiger partial charge in [-0.25, -0.2) is 0 Å². The number of rotatable bonds is 3. The van der Waals surface area contributed by atoms with Crippen LogP contribution in [0.2, 0.25) is 6.04 Å². The van der Waals surface area contributed by atoms with Crippen LogP contribution in [-0.2, 0) is 0 Å². The van der Waals surface area contributed by atoms with Crippen LogP contribution in [0.15, 0.2) is 30.3 Å². The van der Waals surface area contributed by atoms with Crippen molar-refractivity contribution in [2.75, 3.05) is 0 Å². The highest BCUT2D eigenvalue weighted by atomic mass is 28.4. The van der Waals surface area contributed by atoms with Crippen LogP contribution < -0.4 is 5.19 Å². The minimum absolute atomic E-state index is 0.321. The molecule has 0 saturated heterocycles. The molecule has 0 heterocycles. The fraction of sp³-hybridized carbons (Fsp3) is 0.400. The van der Waals surface area contributed by atoms with Crippen LogP contribution in [0.25, 0.3) is 0 Å². The Bertz CT molecular complexity index is 257. The van der Waals surface area contributed by atoms with Crippen LogP contribution >= 0.6 is 0 Å². The maximum atomic E-state index is 9.85. The summed E-state index contributed by atoms with van der Waals surface area (Å²) in [6.07, 6.45) is 0. The van der Waals surface area contributed by atoms with Crippen LogP contribution in [0.5, 0.6) is 0 Å². The number of hydrogen-bond donors (Lipinski definition) is 2. The molecule has 1 aromatic rings. The average molecular weight is 196 g/mol. The molecule has 0 radical (unpaired) electrons. The zero-order valence-electron chi connectivity index (χ0n) is 8.07. The zero-order chi connectivity index (χ0) is 9.90. The number of benzene rings is 1. The molecule has 0 aromatic heterocycles. The molecule has 0 amide bonds. The molecule has 0 aliphatic heterocycles. The summed E-state index contributed by atoms with van der Waals surface area (Å²) < 4.78 is 0. The highest BCUT2D eigenvalue weighted by Gasteiger charge is 2.32. The maximum absolute atomic E-state index is 9.85. The van der Waals surface area contributed by atoms with E-state index in [0.717, 1.165) is 0 Å². The summed E-state index contributed by atoms with van der Waals surface area (Å²) in [6.45, 7) is 3.99. The van der Waals surface area contributed by atoms with E-state index in [1.807, 2.05) is 32.0 Å². The van der Waals surface area contributed by atoms with Crippen LogP contribution in [0.4, 0.5) is 0 Å². The summed E-state index contributed by atoms with van der Waals surface area (Å²) >= 11 is 0. The predicted octanol–water partition coefficient (Wildman–Crippen LogP) is 0.976. The van der Waals surface area contributed by atoms with Crippen molar-refractivity contribution in [3.8, 4) is 0 Å². The first-order valence-corrected chi connectivity index (χ1v) is 6.63. The van der Waals surface area contributed by atoms with Gasteiger partial charge in [-0.2, -0.15) is 0 Å². The van der Waals surface area contributed by atoms with Gasteiger partial charge in [0.2, 0.25) is 0 Å². The third-order valence-electron chi connectivity index (χ3n) is 1.93. The minimum atomic E-state index is -3.14. The van der Waals surface area contributed by atoms with Crippen LogP contribution in [0.1, 0.15) is 13.8 Å². The second-order valence-corrected chi connectivity index (χ2v) is 6.40. The molecule has 3 heteroatoms. The molecular weight excluding hydrogens is 180 g/mol. The maximum Gasteiger partial charge on any atom is 0.367 e. The highest BCUT2D eigenvalue weighted by Crippen LogP contribution is 2.10. The third-order valence-corrected chi connectivity index (χ3v) is 4.57. The van der Waals surface area contributed by atoms with E-state index in [1.165, 1.54) is 0 Å². The summed E-state index contributed by atoms with van der Waals surface area (Å²) in [4.78, 5) is 19.7. The predicted molar refractivity (Wildman–Crippen MR) is 55.9 cm³/mol. The van der Waals surface area contributed by atoms with Gasteiger partial charge >= 0.3 is 8.56 Å². The Balaban J connectivity index is 2.81. The fourth-order valence-electron chi connectivity index (χ4n) is 1.39. The van der Waals surface area contributed by atoms with Gasteiger partial charge in [0.05, 0.1) is 0 Å². The van der Waals surface area contributed by atoms with Crippen LogP contribution in [-0.4, -0.2) is 18.2 Å². The monoisotopic (exact) mass is 196 g/mol. The van der Waals surface area contributed by atoms with Crippen molar-refractivity contribution in [1.82, 2.24) is 0 Å². The molecule has 2 nitrogen and oxygen atoms in total. The van der Waals surface area contributed by atoms with Crippen molar-refractivity contribution < 1.29 is 9.59 Å². The molecule has 0 fully saturated rings. The van der Waals surface area contributed by atoms with Gasteiger partial charge in [-0.15, -0.1) is 0 Å². The van der Waals surface area contributed by atoms with Gasteiger partial charge in [-0.05, 0) is 17.1 Å². The Morgan fingerprint density at radius 2 is 1.69 bits per heavy atom. The lowest BCUT2D eigenvalue weighted by molar-refractivity contribution is 0.369. The molecule has 0 unspecified atom stereocenters. The standard InChI is InChI=1S/C10H16O2Si/c1-9(2)8-13(11,12)10-6-4-3-5-7-10/h3-7,9,11-12H,8H2,1-2H3. The second-order valence-electron chi connectivity index (χ2n) is 3.78. The topological polar surface area (TPSA) is 40.5 Å². The van der Waals surface area contributed by atoms with E-state index >= 15 is 0 Å². The molecule has 13 heavy (non-hydrogen) atoms. The summed E-state index contributed by atoms with van der Waals surface area (Å²) in [6, 6.07) is 9.62. The summed E-state index contributed by atoms with van der Waals surface area (Å²) in [5, 5.41) is 0.698. The summed E-state index contributed by atoms with van der Waals surface area (Å²) in [7, 11) is -3.14. The van der Waals surface area contributed by atoms with Crippen molar-refractivity contribution in [2.24, 2.45) is 5.92 Å². The molecule has 0 aliphatic rings. The lowest BCUT2D eigenvalue weighted by Crippen LogP contribution is -2.49. The quantitative estimate of drug-likeness (QED) is 0.707. The molecule has 1 rings (SSSR count). The van der Waals surface area contributed by atoms with Gasteiger partial charge in [0.1, 0.15) is 0 Å². The first-order valence-electron chi connectivity index (χ1n) is 4.52. The normalized spacial score (nSPS) is 12.1. The fourth-order valence-corrected chi connectivity index (χ4v) is 3.49. The Kier molecular flexibility index (Phi) is 3.25. The Morgan fingerprint density at radius 3 is 2.15 bits per heavy atom. The molecule has 72 valence electrons. The summed E-state index contributed by atoms with van der Waals surface area (Å²) in [5.74, 6) is 0.321. The minimum Gasteiger partial charge on any atom is -0.407 e. The summed E-state index contributed by atoms with van der Waals surface area (Å²) in [5.41, 5.74) is 0. The molecule has 1 aromatic carbocycles. The van der Waals surface area contributed by atoms with E-state index < -0.39 is 8.56 Å². The first-order chi connectivity index (χ1) is 6.02. The van der Waals surface area contributed by atoms with Crippen molar-refractivity contribution in [1.29, 1.82) is 0 Å². The van der Waals surface area contributed by atoms with Crippen molar-refractivity contribution in [2.45, 2.75) is 19.9 Å². The molecule has 0 bridgehead atoms. The molecule has 0 spiro atoms. The van der Waals surface area contributed by atoms with Crippen LogP contribution in [0, 0.1) is 5.92 Å². The molecule has 0 saturated carbocycles. The average Bonchev–Trinajstić information content (AvgIpc) is 2.04. The zero-order valence-corrected chi connectivity index (χ0v) is 9.07. The lowest BCUT2D eigenvalue weighted by Gasteiger charge is -2.19. The van der Waals surface area contributed by atoms with Gasteiger partial charge in [0.15, 0.2) is 0 Å². The third kappa shape index (κ3) is 2.95. The van der Waals surface area contributed by atoms with Crippen LogP contribution in [0.3, 0.4) is 0 Å². The van der Waals surface area contributed by atoms with E-state index in [0.29, 0.717) is 17.1 Å². The highest BCUT2D eigenvalue weighted by molar-refractivity contribution is 6.78. The van der Waals surface area contributed by atoms with Gasteiger partial charge in [-0.1, -0.05) is 44.2 Å².